The molecule has 2 aromatic carbocycles. The molecular formula is C16H18FNO. The minimum atomic E-state index is -0.284. The molecule has 0 saturated carbocycles. The third-order valence-corrected chi connectivity index (χ3v) is 3.03. The number of hydrogen-bond donors (Lipinski definition) is 1. The predicted octanol–water partition coefficient (Wildman–Crippen LogP) is 3.43. The van der Waals surface area contributed by atoms with Gasteiger partial charge in [-0.25, -0.2) is 4.39 Å². The van der Waals surface area contributed by atoms with Gasteiger partial charge < -0.3 is 10.1 Å². The van der Waals surface area contributed by atoms with Gasteiger partial charge in [0.25, 0.3) is 0 Å². The molecule has 2 aromatic rings. The highest BCUT2D eigenvalue weighted by atomic mass is 19.1. The highest BCUT2D eigenvalue weighted by Gasteiger charge is 2.07. The van der Waals surface area contributed by atoms with Crippen molar-refractivity contribution in [2.24, 2.45) is 0 Å². The van der Waals surface area contributed by atoms with Crippen molar-refractivity contribution in [2.75, 3.05) is 7.05 Å². The number of ether oxygens (including phenoxy) is 1. The van der Waals surface area contributed by atoms with Crippen LogP contribution < -0.4 is 10.1 Å². The van der Waals surface area contributed by atoms with E-state index >= 15 is 0 Å². The lowest BCUT2D eigenvalue weighted by Crippen LogP contribution is -2.09. The summed E-state index contributed by atoms with van der Waals surface area (Å²) in [5, 5.41) is 3.11. The van der Waals surface area contributed by atoms with Gasteiger partial charge in [-0.05, 0) is 36.7 Å². The van der Waals surface area contributed by atoms with E-state index in [4.69, 9.17) is 4.74 Å². The molecule has 0 saturated heterocycles. The minimum absolute atomic E-state index is 0.284. The molecule has 0 unspecified atom stereocenters. The van der Waals surface area contributed by atoms with Crippen molar-refractivity contribution < 1.29 is 9.13 Å². The summed E-state index contributed by atoms with van der Waals surface area (Å²) in [5.74, 6) is 0.0212. The predicted molar refractivity (Wildman–Crippen MR) is 74.7 cm³/mol. The van der Waals surface area contributed by atoms with Gasteiger partial charge >= 0.3 is 0 Å². The molecule has 0 bridgehead atoms. The Bertz CT molecular complexity index is 554. The molecule has 0 radical (unpaired) electrons. The fourth-order valence-electron chi connectivity index (χ4n) is 1.95. The summed E-state index contributed by atoms with van der Waals surface area (Å²) in [5.41, 5.74) is 2.83. The van der Waals surface area contributed by atoms with Crippen LogP contribution in [0.3, 0.4) is 0 Å². The number of halogens is 1. The van der Waals surface area contributed by atoms with Crippen molar-refractivity contribution in [1.82, 2.24) is 5.32 Å². The molecule has 0 aromatic heterocycles. The number of rotatable bonds is 5. The molecule has 2 rings (SSSR count). The average Bonchev–Trinajstić information content (AvgIpc) is 2.42. The quantitative estimate of drug-likeness (QED) is 0.888. The third-order valence-electron chi connectivity index (χ3n) is 3.03. The molecule has 0 aliphatic rings. The Morgan fingerprint density at radius 1 is 1.05 bits per heavy atom. The van der Waals surface area contributed by atoms with Crippen LogP contribution in [0.15, 0.2) is 42.5 Å². The van der Waals surface area contributed by atoms with Crippen LogP contribution in [0.4, 0.5) is 4.39 Å². The Hall–Kier alpha value is -1.87. The Morgan fingerprint density at radius 2 is 1.79 bits per heavy atom. The summed E-state index contributed by atoms with van der Waals surface area (Å²) < 4.78 is 19.4. The first-order valence-corrected chi connectivity index (χ1v) is 6.31. The highest BCUT2D eigenvalue weighted by molar-refractivity contribution is 5.31. The molecule has 0 fully saturated rings. The molecule has 2 nitrogen and oxygen atoms in total. The number of aryl methyl sites for hydroxylation is 1. The van der Waals surface area contributed by atoms with E-state index in [2.05, 4.69) is 5.32 Å². The van der Waals surface area contributed by atoms with Crippen molar-refractivity contribution in [3.05, 3.63) is 65.0 Å². The first kappa shape index (κ1) is 13.6. The van der Waals surface area contributed by atoms with Crippen molar-refractivity contribution in [3.8, 4) is 5.75 Å². The maximum atomic E-state index is 13.8. The van der Waals surface area contributed by atoms with E-state index in [1.54, 1.807) is 25.1 Å². The Kier molecular flexibility index (Phi) is 4.53. The van der Waals surface area contributed by atoms with Crippen LogP contribution in [0.1, 0.15) is 16.7 Å². The Morgan fingerprint density at radius 3 is 2.53 bits per heavy atom. The second-order valence-corrected chi connectivity index (χ2v) is 4.47. The van der Waals surface area contributed by atoms with Crippen molar-refractivity contribution in [3.63, 3.8) is 0 Å². The first-order valence-electron chi connectivity index (χ1n) is 6.31. The molecule has 3 heteroatoms. The molecule has 100 valence electrons. The van der Waals surface area contributed by atoms with Gasteiger partial charge in [0.2, 0.25) is 0 Å². The number of nitrogens with one attached hydrogen (secondary N) is 1. The Labute approximate surface area is 113 Å². The van der Waals surface area contributed by atoms with E-state index in [0.29, 0.717) is 17.9 Å². The van der Waals surface area contributed by atoms with Gasteiger partial charge in [0.05, 0.1) is 0 Å². The number of benzene rings is 2. The van der Waals surface area contributed by atoms with E-state index in [1.807, 2.05) is 31.3 Å². The fourth-order valence-corrected chi connectivity index (χ4v) is 1.95. The summed E-state index contributed by atoms with van der Waals surface area (Å²) in [7, 11) is 1.90. The molecular weight excluding hydrogens is 241 g/mol. The second kappa shape index (κ2) is 6.34. The highest BCUT2D eigenvalue weighted by Crippen LogP contribution is 2.21. The van der Waals surface area contributed by atoms with E-state index < -0.39 is 0 Å². The van der Waals surface area contributed by atoms with Gasteiger partial charge in [-0.15, -0.1) is 0 Å². The first-order chi connectivity index (χ1) is 9.22. The van der Waals surface area contributed by atoms with Crippen LogP contribution in [-0.2, 0) is 13.2 Å². The van der Waals surface area contributed by atoms with Crippen LogP contribution in [0.2, 0.25) is 0 Å². The topological polar surface area (TPSA) is 21.3 Å². The van der Waals surface area contributed by atoms with Gasteiger partial charge in [-0.1, -0.05) is 36.4 Å². The second-order valence-electron chi connectivity index (χ2n) is 4.47. The molecule has 0 atom stereocenters. The fraction of sp³-hybridized carbons (Fsp3) is 0.250. The van der Waals surface area contributed by atoms with E-state index in [0.717, 1.165) is 17.7 Å². The standard InChI is InChI=1S/C16H18FNO/c1-12-6-5-9-15(16(12)17)19-11-14-8-4-3-7-13(14)10-18-2/h3-9,18H,10-11H2,1-2H3. The molecule has 0 heterocycles. The zero-order chi connectivity index (χ0) is 13.7. The smallest absolute Gasteiger partial charge is 0.167 e. The van der Waals surface area contributed by atoms with Crippen molar-refractivity contribution in [2.45, 2.75) is 20.1 Å². The van der Waals surface area contributed by atoms with E-state index in [9.17, 15) is 4.39 Å². The lowest BCUT2D eigenvalue weighted by atomic mass is 10.1. The van der Waals surface area contributed by atoms with Gasteiger partial charge in [-0.2, -0.15) is 0 Å². The van der Waals surface area contributed by atoms with E-state index in [-0.39, 0.29) is 5.82 Å². The molecule has 1 N–H and O–H groups in total. The monoisotopic (exact) mass is 259 g/mol. The van der Waals surface area contributed by atoms with Gasteiger partial charge in [-0.3, -0.25) is 0 Å². The van der Waals surface area contributed by atoms with Gasteiger partial charge in [0.15, 0.2) is 11.6 Å². The maximum Gasteiger partial charge on any atom is 0.167 e. The van der Waals surface area contributed by atoms with Gasteiger partial charge in [0, 0.05) is 6.54 Å². The summed E-state index contributed by atoms with van der Waals surface area (Å²) in [6, 6.07) is 13.2. The summed E-state index contributed by atoms with van der Waals surface area (Å²) in [6.07, 6.45) is 0. The van der Waals surface area contributed by atoms with Crippen LogP contribution in [0.5, 0.6) is 5.75 Å². The molecule has 0 aliphatic heterocycles. The summed E-state index contributed by atoms with van der Waals surface area (Å²) in [6.45, 7) is 2.88. The average molecular weight is 259 g/mol. The summed E-state index contributed by atoms with van der Waals surface area (Å²) in [4.78, 5) is 0. The van der Waals surface area contributed by atoms with Crippen LogP contribution in [0.25, 0.3) is 0 Å². The molecule has 19 heavy (non-hydrogen) atoms. The molecule has 0 spiro atoms. The maximum absolute atomic E-state index is 13.8. The van der Waals surface area contributed by atoms with Crippen LogP contribution in [-0.4, -0.2) is 7.05 Å². The van der Waals surface area contributed by atoms with Crippen LogP contribution in [0, 0.1) is 12.7 Å². The lowest BCUT2D eigenvalue weighted by Gasteiger charge is -2.12. The van der Waals surface area contributed by atoms with Crippen molar-refractivity contribution >= 4 is 0 Å². The SMILES string of the molecule is CNCc1ccccc1COc1cccc(C)c1F. The normalized spacial score (nSPS) is 10.5. The van der Waals surface area contributed by atoms with Crippen LogP contribution >= 0.6 is 0 Å². The summed E-state index contributed by atoms with van der Waals surface area (Å²) >= 11 is 0. The van der Waals surface area contributed by atoms with E-state index in [1.165, 1.54) is 0 Å². The van der Waals surface area contributed by atoms with Gasteiger partial charge in [0.1, 0.15) is 6.61 Å². The Balaban J connectivity index is 2.12. The largest absolute Gasteiger partial charge is 0.486 e. The lowest BCUT2D eigenvalue weighted by molar-refractivity contribution is 0.288. The molecule has 0 amide bonds. The number of hydrogen-bond acceptors (Lipinski definition) is 2. The molecule has 0 aliphatic carbocycles. The zero-order valence-electron chi connectivity index (χ0n) is 11.2. The minimum Gasteiger partial charge on any atom is -0.486 e. The van der Waals surface area contributed by atoms with Crippen molar-refractivity contribution in [1.29, 1.82) is 0 Å². The zero-order valence-corrected chi connectivity index (χ0v) is 11.2. The third kappa shape index (κ3) is 3.32.